The van der Waals surface area contributed by atoms with E-state index in [2.05, 4.69) is 25.7 Å². The maximum absolute atomic E-state index is 12.3. The number of nitrogens with zero attached hydrogens (tertiary/aromatic N) is 1. The molecule has 0 aromatic carbocycles. The second kappa shape index (κ2) is 7.78. The van der Waals surface area contributed by atoms with E-state index in [0.29, 0.717) is 30.7 Å². The Hall–Kier alpha value is -0.570. The Labute approximate surface area is 112 Å². The van der Waals surface area contributed by atoms with Crippen molar-refractivity contribution in [3.8, 4) is 0 Å². The molecule has 1 unspecified atom stereocenters. The minimum Gasteiger partial charge on any atom is -0.343 e. The average Bonchev–Trinajstić information content (AvgIpc) is 2.52. The van der Waals surface area contributed by atoms with Crippen LogP contribution < -0.4 is 5.73 Å². The van der Waals surface area contributed by atoms with Gasteiger partial charge in [-0.1, -0.05) is 20.8 Å². The highest BCUT2D eigenvalue weighted by Gasteiger charge is 2.21. The van der Waals surface area contributed by atoms with Crippen LogP contribution in [-0.4, -0.2) is 30.4 Å². The molecule has 3 heteroatoms. The van der Waals surface area contributed by atoms with Gasteiger partial charge in [-0.3, -0.25) is 4.79 Å². The lowest BCUT2D eigenvalue weighted by molar-refractivity contribution is -0.132. The Morgan fingerprint density at radius 2 is 2.06 bits per heavy atom. The minimum absolute atomic E-state index is 0.320. The number of hydrogen-bond donors (Lipinski definition) is 1. The van der Waals surface area contributed by atoms with Gasteiger partial charge < -0.3 is 10.6 Å². The predicted molar refractivity (Wildman–Crippen MR) is 76.2 cm³/mol. The Morgan fingerprint density at radius 1 is 1.33 bits per heavy atom. The third-order valence-corrected chi connectivity index (χ3v) is 3.97. The van der Waals surface area contributed by atoms with Crippen molar-refractivity contribution in [1.29, 1.82) is 0 Å². The first-order valence-corrected chi connectivity index (χ1v) is 7.50. The summed E-state index contributed by atoms with van der Waals surface area (Å²) < 4.78 is 0. The average molecular weight is 254 g/mol. The van der Waals surface area contributed by atoms with Gasteiger partial charge in [0.25, 0.3) is 0 Å². The van der Waals surface area contributed by atoms with Gasteiger partial charge >= 0.3 is 0 Å². The zero-order valence-corrected chi connectivity index (χ0v) is 12.3. The Kier molecular flexibility index (Phi) is 6.69. The molecule has 1 saturated heterocycles. The molecule has 0 spiro atoms. The van der Waals surface area contributed by atoms with Crippen LogP contribution in [0.25, 0.3) is 0 Å². The van der Waals surface area contributed by atoms with Crippen LogP contribution in [-0.2, 0) is 4.79 Å². The van der Waals surface area contributed by atoms with E-state index in [4.69, 9.17) is 5.73 Å². The summed E-state index contributed by atoms with van der Waals surface area (Å²) in [7, 11) is 0. The highest BCUT2D eigenvalue weighted by Crippen LogP contribution is 2.20. The van der Waals surface area contributed by atoms with Gasteiger partial charge in [0.05, 0.1) is 0 Å². The zero-order chi connectivity index (χ0) is 13.5. The van der Waals surface area contributed by atoms with E-state index in [1.807, 2.05) is 0 Å². The molecule has 18 heavy (non-hydrogen) atoms. The van der Waals surface area contributed by atoms with Crippen molar-refractivity contribution < 1.29 is 4.79 Å². The van der Waals surface area contributed by atoms with Crippen LogP contribution in [0.4, 0.5) is 0 Å². The second-order valence-electron chi connectivity index (χ2n) is 6.35. The van der Waals surface area contributed by atoms with Crippen molar-refractivity contribution in [2.75, 3.05) is 19.6 Å². The summed E-state index contributed by atoms with van der Waals surface area (Å²) in [6, 6.07) is 0. The number of amides is 1. The third kappa shape index (κ3) is 5.38. The van der Waals surface area contributed by atoms with E-state index in [1.165, 1.54) is 6.42 Å². The van der Waals surface area contributed by atoms with Gasteiger partial charge in [-0.25, -0.2) is 0 Å². The lowest BCUT2D eigenvalue weighted by Crippen LogP contribution is -2.34. The molecule has 3 nitrogen and oxygen atoms in total. The molecule has 0 bridgehead atoms. The summed E-state index contributed by atoms with van der Waals surface area (Å²) in [5, 5.41) is 0. The van der Waals surface area contributed by atoms with Crippen LogP contribution in [0.5, 0.6) is 0 Å². The molecule has 0 saturated carbocycles. The quantitative estimate of drug-likeness (QED) is 0.820. The number of hydrogen-bond acceptors (Lipinski definition) is 2. The van der Waals surface area contributed by atoms with Gasteiger partial charge in [0.15, 0.2) is 0 Å². The van der Waals surface area contributed by atoms with Crippen molar-refractivity contribution >= 4 is 5.91 Å². The lowest BCUT2D eigenvalue weighted by atomic mass is 9.94. The molecule has 106 valence electrons. The molecular formula is C15H30N2O. The first-order valence-electron chi connectivity index (χ1n) is 7.50. The molecule has 0 aliphatic carbocycles. The molecule has 0 radical (unpaired) electrons. The van der Waals surface area contributed by atoms with E-state index >= 15 is 0 Å². The molecule has 1 fully saturated rings. The lowest BCUT2D eigenvalue weighted by Gasteiger charge is -2.24. The summed E-state index contributed by atoms with van der Waals surface area (Å²) in [6.45, 7) is 9.20. The molecule has 1 amide bonds. The van der Waals surface area contributed by atoms with Crippen molar-refractivity contribution in [3.63, 3.8) is 0 Å². The second-order valence-corrected chi connectivity index (χ2v) is 6.35. The van der Waals surface area contributed by atoms with Gasteiger partial charge in [0.2, 0.25) is 5.91 Å². The van der Waals surface area contributed by atoms with Gasteiger partial charge in [-0.2, -0.15) is 0 Å². The van der Waals surface area contributed by atoms with Crippen LogP contribution >= 0.6 is 0 Å². The summed E-state index contributed by atoms with van der Waals surface area (Å²) in [5.41, 5.74) is 5.78. The SMILES string of the molecule is CC(C)C[C@H](CN)CC(=O)N1CCCC(C)CC1. The fourth-order valence-electron chi connectivity index (χ4n) is 2.82. The highest BCUT2D eigenvalue weighted by molar-refractivity contribution is 5.76. The van der Waals surface area contributed by atoms with Gasteiger partial charge in [0.1, 0.15) is 0 Å². The van der Waals surface area contributed by atoms with Crippen molar-refractivity contribution in [3.05, 3.63) is 0 Å². The van der Waals surface area contributed by atoms with Crippen LogP contribution in [0.3, 0.4) is 0 Å². The molecule has 2 atom stereocenters. The summed E-state index contributed by atoms with van der Waals surface area (Å²) in [5.74, 6) is 2.07. The Morgan fingerprint density at radius 3 is 2.67 bits per heavy atom. The standard InChI is InChI=1S/C15H30N2O/c1-12(2)9-14(11-16)10-15(18)17-7-4-5-13(3)6-8-17/h12-14H,4-11,16H2,1-3H3/t13?,14-/m0/s1. The van der Waals surface area contributed by atoms with Crippen molar-refractivity contribution in [2.45, 2.75) is 52.9 Å². The number of carbonyl (C=O) groups is 1. The normalized spacial score (nSPS) is 22.9. The maximum atomic E-state index is 12.3. The fraction of sp³-hybridized carbons (Fsp3) is 0.933. The predicted octanol–water partition coefficient (Wildman–Crippen LogP) is 2.65. The maximum Gasteiger partial charge on any atom is 0.222 e. The first kappa shape index (κ1) is 15.5. The highest BCUT2D eigenvalue weighted by atomic mass is 16.2. The Bertz CT molecular complexity index is 253. The smallest absolute Gasteiger partial charge is 0.222 e. The third-order valence-electron chi connectivity index (χ3n) is 3.97. The van der Waals surface area contributed by atoms with E-state index in [9.17, 15) is 4.79 Å². The van der Waals surface area contributed by atoms with Gasteiger partial charge in [-0.15, -0.1) is 0 Å². The van der Waals surface area contributed by atoms with Crippen LogP contribution in [0.15, 0.2) is 0 Å². The molecule has 1 aliphatic heterocycles. The molecule has 0 aromatic rings. The van der Waals surface area contributed by atoms with Crippen molar-refractivity contribution in [1.82, 2.24) is 4.90 Å². The zero-order valence-electron chi connectivity index (χ0n) is 12.3. The number of carbonyl (C=O) groups excluding carboxylic acids is 1. The molecule has 1 aliphatic rings. The summed E-state index contributed by atoms with van der Waals surface area (Å²) in [6.07, 6.45) is 5.28. The molecule has 0 aromatic heterocycles. The van der Waals surface area contributed by atoms with E-state index in [0.717, 1.165) is 38.3 Å². The monoisotopic (exact) mass is 254 g/mol. The van der Waals surface area contributed by atoms with Gasteiger partial charge in [0, 0.05) is 19.5 Å². The van der Waals surface area contributed by atoms with E-state index in [1.54, 1.807) is 0 Å². The Balaban J connectivity index is 2.42. The first-order chi connectivity index (χ1) is 8.52. The summed E-state index contributed by atoms with van der Waals surface area (Å²) in [4.78, 5) is 14.3. The van der Waals surface area contributed by atoms with Crippen LogP contribution in [0.1, 0.15) is 52.9 Å². The fourth-order valence-corrected chi connectivity index (χ4v) is 2.82. The molecule has 2 N–H and O–H groups in total. The number of nitrogens with two attached hydrogens (primary N) is 1. The molecule has 1 rings (SSSR count). The van der Waals surface area contributed by atoms with E-state index < -0.39 is 0 Å². The van der Waals surface area contributed by atoms with Gasteiger partial charge in [-0.05, 0) is 50.0 Å². The molecular weight excluding hydrogens is 224 g/mol. The number of likely N-dealkylation sites (tertiary alicyclic amines) is 1. The topological polar surface area (TPSA) is 46.3 Å². The minimum atomic E-state index is 0.320. The van der Waals surface area contributed by atoms with E-state index in [-0.39, 0.29) is 0 Å². The molecule has 1 heterocycles. The van der Waals surface area contributed by atoms with Crippen LogP contribution in [0.2, 0.25) is 0 Å². The summed E-state index contributed by atoms with van der Waals surface area (Å²) >= 11 is 0. The number of rotatable bonds is 5. The largest absolute Gasteiger partial charge is 0.343 e. The van der Waals surface area contributed by atoms with Crippen LogP contribution in [0, 0.1) is 17.8 Å². The van der Waals surface area contributed by atoms with Crippen molar-refractivity contribution in [2.24, 2.45) is 23.5 Å².